The van der Waals surface area contributed by atoms with E-state index < -0.39 is 0 Å². The van der Waals surface area contributed by atoms with Crippen molar-refractivity contribution in [2.24, 2.45) is 4.99 Å². The first-order valence-corrected chi connectivity index (χ1v) is 16.2. The molecule has 0 fully saturated rings. The van der Waals surface area contributed by atoms with Gasteiger partial charge in [-0.15, -0.1) is 0 Å². The number of benzene rings is 3. The van der Waals surface area contributed by atoms with Gasteiger partial charge in [-0.2, -0.15) is 0 Å². The predicted octanol–water partition coefficient (Wildman–Crippen LogP) is 9.89. The van der Waals surface area contributed by atoms with E-state index in [0.717, 1.165) is 24.2 Å². The Hall–Kier alpha value is -2.63. The average Bonchev–Trinajstić information content (AvgIpc) is 2.95. The van der Waals surface area contributed by atoms with Gasteiger partial charge in [0.05, 0.1) is 0 Å². The van der Waals surface area contributed by atoms with E-state index in [0.29, 0.717) is 23.7 Å². The molecule has 3 nitrogen and oxygen atoms in total. The van der Waals surface area contributed by atoms with Crippen molar-refractivity contribution >= 4 is 33.8 Å². The summed E-state index contributed by atoms with van der Waals surface area (Å²) in [5.74, 6) is 1.72. The molecule has 3 aromatic rings. The van der Waals surface area contributed by atoms with Crippen molar-refractivity contribution < 1.29 is 5.48 Å². The molecule has 0 atom stereocenters. The Morgan fingerprint density at radius 3 is 1.59 bits per heavy atom. The van der Waals surface area contributed by atoms with Crippen LogP contribution in [-0.2, 0) is 0 Å². The fourth-order valence-corrected chi connectivity index (χ4v) is 7.01. The van der Waals surface area contributed by atoms with Gasteiger partial charge in [0.1, 0.15) is 0 Å². The van der Waals surface area contributed by atoms with Gasteiger partial charge >= 0.3 is 253 Å². The summed E-state index contributed by atoms with van der Waals surface area (Å²) < 4.78 is 2.54. The van der Waals surface area contributed by atoms with E-state index in [9.17, 15) is 0 Å². The Bertz CT molecular complexity index is 1320. The minimum absolute atomic E-state index is 0. The van der Waals surface area contributed by atoms with Gasteiger partial charge in [-0.25, -0.2) is 0 Å². The Kier molecular flexibility index (Phi) is 11.6. The van der Waals surface area contributed by atoms with E-state index in [4.69, 9.17) is 4.99 Å². The summed E-state index contributed by atoms with van der Waals surface area (Å²) in [6.07, 6.45) is 4.54. The molecule has 0 aromatic heterocycles. The number of aliphatic imine (C=N–C) groups is 1. The van der Waals surface area contributed by atoms with Crippen LogP contribution in [0.2, 0.25) is 0 Å². The molecule has 0 spiro atoms. The van der Waals surface area contributed by atoms with Gasteiger partial charge in [-0.05, 0) is 0 Å². The van der Waals surface area contributed by atoms with Crippen LogP contribution in [0.3, 0.4) is 0 Å². The van der Waals surface area contributed by atoms with Crippen LogP contribution in [-0.4, -0.2) is 27.9 Å². The van der Waals surface area contributed by atoms with Crippen molar-refractivity contribution in [3.05, 3.63) is 106 Å². The van der Waals surface area contributed by atoms with Crippen LogP contribution in [0.4, 0.5) is 11.4 Å². The molecule has 3 radical (unpaired) electrons. The van der Waals surface area contributed by atoms with Crippen molar-refractivity contribution in [3.8, 4) is 0 Å². The number of rotatable bonds is 9. The molecule has 2 N–H and O–H groups in total. The average molecular weight is 610 g/mol. The Labute approximate surface area is 257 Å². The predicted molar refractivity (Wildman–Crippen MR) is 179 cm³/mol. The minimum Gasteiger partial charge on any atom is -0.412 e. The largest absolute Gasteiger partial charge is 0.412 e. The molecule has 1 aliphatic carbocycles. The molecule has 0 unspecified atom stereocenters. The maximum Gasteiger partial charge on any atom is -0.412 e. The standard InChI is InChI=1S/C37H47GeN2.H2O/c1-24(2)29-19-14-20-30(25(3)4)36(29)39-35(28-16-10-9-11-17-28)33-18-12-13-23-34(33)40(38)37-31(26(5)6)21-15-22-32(37)27(7)8;/h9-11,14-17,19-22,24-27H,12-13,18,23H2,1-8H3;1H2. The minimum atomic E-state index is 0. The zero-order chi connectivity index (χ0) is 29.0. The fourth-order valence-electron chi connectivity index (χ4n) is 5.95. The van der Waals surface area contributed by atoms with Crippen LogP contribution >= 0.6 is 0 Å². The topological polar surface area (TPSA) is 47.1 Å². The van der Waals surface area contributed by atoms with Gasteiger partial charge in [0, 0.05) is 0 Å². The second kappa shape index (κ2) is 14.5. The molecule has 4 heteroatoms. The zero-order valence-electron chi connectivity index (χ0n) is 26.4. The molecule has 217 valence electrons. The third-order valence-corrected chi connectivity index (χ3v) is 9.21. The maximum absolute atomic E-state index is 5.67. The van der Waals surface area contributed by atoms with Gasteiger partial charge in [-0.3, -0.25) is 0 Å². The molecule has 1 aliphatic rings. The molecular formula is C37H49GeN2O. The SMILES string of the molecule is CC(C)c1cccc(C(C)C)c1N=C(C1=C([N]([Ge])c2c(C(C)C)cccc2C(C)C)CCCC1)c1ccccc1.O. The van der Waals surface area contributed by atoms with E-state index in [1.165, 1.54) is 57.6 Å². The first-order chi connectivity index (χ1) is 19.1. The van der Waals surface area contributed by atoms with Crippen LogP contribution in [0, 0.1) is 0 Å². The Morgan fingerprint density at radius 1 is 0.634 bits per heavy atom. The first-order valence-electron chi connectivity index (χ1n) is 15.2. The molecular weight excluding hydrogens is 561 g/mol. The molecule has 0 saturated carbocycles. The Balaban J connectivity index is 0.00000462. The van der Waals surface area contributed by atoms with Gasteiger partial charge in [-0.1, -0.05) is 0 Å². The fraction of sp³-hybridized carbons (Fsp3) is 0.432. The summed E-state index contributed by atoms with van der Waals surface area (Å²) in [7, 11) is 0. The third kappa shape index (κ3) is 7.24. The number of hydrogen-bond donors (Lipinski definition) is 0. The Morgan fingerprint density at radius 2 is 1.10 bits per heavy atom. The molecule has 0 bridgehead atoms. The van der Waals surface area contributed by atoms with Crippen LogP contribution in [0.15, 0.2) is 83.0 Å². The maximum atomic E-state index is 5.67. The monoisotopic (exact) mass is 611 g/mol. The molecule has 0 heterocycles. The normalized spacial score (nSPS) is 14.3. The smallest absolute Gasteiger partial charge is 0.412 e. The summed E-state index contributed by atoms with van der Waals surface area (Å²) in [4.78, 5) is 5.67. The molecule has 0 aliphatic heterocycles. The third-order valence-electron chi connectivity index (χ3n) is 8.17. The summed E-state index contributed by atoms with van der Waals surface area (Å²) >= 11 is 2.30. The summed E-state index contributed by atoms with van der Waals surface area (Å²) in [6.45, 7) is 18.4. The van der Waals surface area contributed by atoms with Crippen molar-refractivity contribution in [2.75, 3.05) is 3.86 Å². The molecule has 41 heavy (non-hydrogen) atoms. The van der Waals surface area contributed by atoms with Gasteiger partial charge in [0.25, 0.3) is 0 Å². The van der Waals surface area contributed by atoms with Gasteiger partial charge < -0.3 is 5.48 Å². The summed E-state index contributed by atoms with van der Waals surface area (Å²) in [5.41, 5.74) is 13.3. The summed E-state index contributed by atoms with van der Waals surface area (Å²) in [5, 5.41) is 0. The molecule has 0 amide bonds. The number of nitrogens with zero attached hydrogens (tertiary/aromatic N) is 2. The van der Waals surface area contributed by atoms with E-state index in [-0.39, 0.29) is 5.48 Å². The van der Waals surface area contributed by atoms with E-state index in [1.807, 2.05) is 0 Å². The van der Waals surface area contributed by atoms with E-state index >= 15 is 0 Å². The quantitative estimate of drug-likeness (QED) is 0.176. The van der Waals surface area contributed by atoms with Crippen molar-refractivity contribution in [3.63, 3.8) is 0 Å². The first kappa shape index (κ1) is 32.9. The number of anilines is 1. The van der Waals surface area contributed by atoms with E-state index in [2.05, 4.69) is 143 Å². The molecule has 4 rings (SSSR count). The summed E-state index contributed by atoms with van der Waals surface area (Å²) in [6, 6.07) is 24.5. The number of para-hydroxylation sites is 2. The van der Waals surface area contributed by atoms with Crippen LogP contribution in [0.1, 0.15) is 133 Å². The van der Waals surface area contributed by atoms with Gasteiger partial charge in [0.15, 0.2) is 0 Å². The number of hydrogen-bond acceptors (Lipinski definition) is 2. The van der Waals surface area contributed by atoms with Crippen LogP contribution in [0.25, 0.3) is 0 Å². The second-order valence-corrected chi connectivity index (χ2v) is 13.4. The molecule has 3 aromatic carbocycles. The van der Waals surface area contributed by atoms with Crippen molar-refractivity contribution in [1.82, 2.24) is 0 Å². The van der Waals surface area contributed by atoms with E-state index in [1.54, 1.807) is 0 Å². The van der Waals surface area contributed by atoms with Crippen molar-refractivity contribution in [2.45, 2.75) is 105 Å². The van der Waals surface area contributed by atoms with Crippen LogP contribution < -0.4 is 3.86 Å². The van der Waals surface area contributed by atoms with Gasteiger partial charge in [0.2, 0.25) is 0 Å². The van der Waals surface area contributed by atoms with Crippen molar-refractivity contribution in [1.29, 1.82) is 0 Å². The number of allylic oxidation sites excluding steroid dienone is 2. The zero-order valence-corrected chi connectivity index (χ0v) is 28.5. The second-order valence-electron chi connectivity index (χ2n) is 12.5. The van der Waals surface area contributed by atoms with Crippen LogP contribution in [0.5, 0.6) is 0 Å². The molecule has 0 saturated heterocycles.